The number of imide groups is 1. The minimum absolute atomic E-state index is 0.0442. The number of benzene rings is 3. The average Bonchev–Trinajstić information content (AvgIpc) is 3.22. The Morgan fingerprint density at radius 3 is 2.35 bits per heavy atom. The van der Waals surface area contributed by atoms with Crippen molar-refractivity contribution in [1.29, 1.82) is 5.26 Å². The van der Waals surface area contributed by atoms with E-state index in [4.69, 9.17) is 4.74 Å². The third-order valence-electron chi connectivity index (χ3n) is 8.10. The number of hydrogen-bond acceptors (Lipinski definition) is 6. The summed E-state index contributed by atoms with van der Waals surface area (Å²) in [6.45, 7) is 8.97. The summed E-state index contributed by atoms with van der Waals surface area (Å²) in [6, 6.07) is 23.7. The first-order valence-electron chi connectivity index (χ1n) is 14.7. The zero-order chi connectivity index (χ0) is 30.7. The maximum Gasteiger partial charge on any atom is 0.272 e. The van der Waals surface area contributed by atoms with E-state index in [1.807, 2.05) is 50.3 Å². The monoisotopic (exact) mass is 575 g/mol. The summed E-state index contributed by atoms with van der Waals surface area (Å²) < 4.78 is 5.64. The molecular formula is C36H37N3O4. The van der Waals surface area contributed by atoms with Crippen molar-refractivity contribution in [2.45, 2.75) is 45.6 Å². The zero-order valence-corrected chi connectivity index (χ0v) is 25.1. The van der Waals surface area contributed by atoms with Gasteiger partial charge >= 0.3 is 0 Å². The second kappa shape index (κ2) is 12.4. The Labute approximate surface area is 253 Å². The van der Waals surface area contributed by atoms with Crippen molar-refractivity contribution in [2.75, 3.05) is 31.2 Å². The van der Waals surface area contributed by atoms with E-state index >= 15 is 0 Å². The van der Waals surface area contributed by atoms with Crippen LogP contribution in [0.1, 0.15) is 45.2 Å². The van der Waals surface area contributed by atoms with Gasteiger partial charge in [-0.2, -0.15) is 5.26 Å². The molecule has 0 spiro atoms. The number of allylic oxidation sites excluding steroid dienone is 3. The van der Waals surface area contributed by atoms with Crippen molar-refractivity contribution in [1.82, 2.24) is 4.90 Å². The molecule has 2 aliphatic rings. The van der Waals surface area contributed by atoms with Crippen molar-refractivity contribution in [3.63, 3.8) is 0 Å². The molecule has 0 bridgehead atoms. The van der Waals surface area contributed by atoms with Crippen LogP contribution in [0.3, 0.4) is 0 Å². The van der Waals surface area contributed by atoms with Crippen LogP contribution in [0.5, 0.6) is 0 Å². The Balaban J connectivity index is 1.69. The number of carbonyl (C=O) groups excluding carboxylic acids is 2. The van der Waals surface area contributed by atoms with E-state index < -0.39 is 17.2 Å². The second-order valence-electron chi connectivity index (χ2n) is 11.6. The predicted octanol–water partition coefficient (Wildman–Crippen LogP) is 5.90. The van der Waals surface area contributed by atoms with Crippen LogP contribution in [0.2, 0.25) is 0 Å². The summed E-state index contributed by atoms with van der Waals surface area (Å²) in [5.74, 6) is -1.08. The Kier molecular flexibility index (Phi) is 8.63. The van der Waals surface area contributed by atoms with Crippen LogP contribution in [-0.4, -0.2) is 54.2 Å². The van der Waals surface area contributed by atoms with Crippen LogP contribution in [0.4, 0.5) is 5.69 Å². The van der Waals surface area contributed by atoms with E-state index in [0.29, 0.717) is 24.1 Å². The van der Waals surface area contributed by atoms with Crippen LogP contribution >= 0.6 is 0 Å². The summed E-state index contributed by atoms with van der Waals surface area (Å²) in [5.41, 5.74) is 3.94. The van der Waals surface area contributed by atoms with Gasteiger partial charge in [0.2, 0.25) is 0 Å². The largest absolute Gasteiger partial charge is 0.396 e. The molecular weight excluding hydrogens is 538 g/mol. The van der Waals surface area contributed by atoms with E-state index in [0.717, 1.165) is 27.1 Å². The van der Waals surface area contributed by atoms with Crippen molar-refractivity contribution in [3.8, 4) is 6.07 Å². The quantitative estimate of drug-likeness (QED) is 0.252. The second-order valence-corrected chi connectivity index (χ2v) is 11.6. The molecule has 0 fully saturated rings. The minimum atomic E-state index is -0.617. The molecule has 0 unspecified atom stereocenters. The van der Waals surface area contributed by atoms with Gasteiger partial charge in [-0.15, -0.1) is 0 Å². The van der Waals surface area contributed by atoms with Crippen LogP contribution in [0.25, 0.3) is 16.3 Å². The highest BCUT2D eigenvalue weighted by atomic mass is 16.5. The molecule has 220 valence electrons. The van der Waals surface area contributed by atoms with E-state index in [1.165, 1.54) is 5.56 Å². The van der Waals surface area contributed by atoms with Gasteiger partial charge in [-0.25, -0.2) is 0 Å². The van der Waals surface area contributed by atoms with Gasteiger partial charge in [0.25, 0.3) is 11.8 Å². The van der Waals surface area contributed by atoms with Gasteiger partial charge in [0.1, 0.15) is 11.6 Å². The smallest absolute Gasteiger partial charge is 0.272 e. The molecule has 43 heavy (non-hydrogen) atoms. The van der Waals surface area contributed by atoms with Gasteiger partial charge in [-0.05, 0) is 60.4 Å². The Morgan fingerprint density at radius 1 is 0.930 bits per heavy atom. The van der Waals surface area contributed by atoms with Gasteiger partial charge < -0.3 is 14.7 Å². The molecule has 5 rings (SSSR count). The highest BCUT2D eigenvalue weighted by Gasteiger charge is 2.42. The molecule has 7 heteroatoms. The fourth-order valence-electron chi connectivity index (χ4n) is 6.13. The number of ether oxygens (including phenoxy) is 1. The Hall–Kier alpha value is -4.51. The van der Waals surface area contributed by atoms with Crippen LogP contribution in [0, 0.1) is 11.3 Å². The number of aliphatic hydroxyl groups is 1. The fraction of sp³-hybridized carbons (Fsp3) is 0.306. The summed E-state index contributed by atoms with van der Waals surface area (Å²) in [5, 5.41) is 22.2. The number of amides is 2. The van der Waals surface area contributed by atoms with Crippen LogP contribution in [0.15, 0.2) is 95.7 Å². The van der Waals surface area contributed by atoms with E-state index in [1.54, 1.807) is 18.2 Å². The molecule has 3 aromatic carbocycles. The molecule has 7 nitrogen and oxygen atoms in total. The van der Waals surface area contributed by atoms with E-state index in [9.17, 15) is 20.0 Å². The van der Waals surface area contributed by atoms with Gasteiger partial charge in [0.15, 0.2) is 0 Å². The van der Waals surface area contributed by atoms with Gasteiger partial charge in [0.05, 0.1) is 19.3 Å². The van der Waals surface area contributed by atoms with Gasteiger partial charge in [-0.1, -0.05) is 74.5 Å². The third-order valence-corrected chi connectivity index (χ3v) is 8.10. The maximum atomic E-state index is 14.0. The first kappa shape index (κ1) is 30.0. The topological polar surface area (TPSA) is 93.9 Å². The third kappa shape index (κ3) is 5.52. The first-order chi connectivity index (χ1) is 20.7. The van der Waals surface area contributed by atoms with Gasteiger partial charge in [0, 0.05) is 41.1 Å². The average molecular weight is 576 g/mol. The highest BCUT2D eigenvalue weighted by molar-refractivity contribution is 6.27. The molecule has 0 atom stereocenters. The van der Waals surface area contributed by atoms with Crippen LogP contribution in [-0.2, 0) is 19.7 Å². The van der Waals surface area contributed by atoms with E-state index in [-0.39, 0.29) is 37.0 Å². The van der Waals surface area contributed by atoms with Crippen molar-refractivity contribution in [2.24, 2.45) is 0 Å². The zero-order valence-electron chi connectivity index (χ0n) is 25.1. The number of rotatable bonds is 9. The number of hydrogen-bond donors (Lipinski definition) is 1. The summed E-state index contributed by atoms with van der Waals surface area (Å²) in [6.07, 6.45) is 4.20. The van der Waals surface area contributed by atoms with Crippen molar-refractivity contribution >= 4 is 33.8 Å². The minimum Gasteiger partial charge on any atom is -0.396 e. The lowest BCUT2D eigenvalue weighted by atomic mass is 9.80. The van der Waals surface area contributed by atoms with Gasteiger partial charge in [-0.3, -0.25) is 14.5 Å². The summed E-state index contributed by atoms with van der Waals surface area (Å²) in [7, 11) is 0. The molecule has 0 saturated heterocycles. The van der Waals surface area contributed by atoms with Crippen molar-refractivity contribution < 1.29 is 19.4 Å². The number of carbonyl (C=O) groups is 2. The normalized spacial score (nSPS) is 18.3. The summed E-state index contributed by atoms with van der Waals surface area (Å²) in [4.78, 5) is 30.8. The molecule has 0 saturated carbocycles. The number of anilines is 1. The summed E-state index contributed by atoms with van der Waals surface area (Å²) >= 11 is 0. The molecule has 2 aliphatic heterocycles. The highest BCUT2D eigenvalue weighted by Crippen LogP contribution is 2.51. The number of aliphatic hydroxyl groups excluding tert-OH is 1. The molecule has 1 N–H and O–H groups in total. The lowest BCUT2D eigenvalue weighted by molar-refractivity contribution is -0.141. The standard InChI is InChI=1S/C36H37N3O4/c1-24(2)43-22-20-39-34(41)28(32(29(23-37)35(39)42)26-12-6-5-7-13-26)16-18-31-36(3,4)33-27-14-9-8-11-25(27)15-17-30(33)38(31)19-10-21-40/h5-9,11-18,24,40H,10,19-22H2,1-4H3/b28-16-,31-18+. The number of nitriles is 1. The number of fused-ring (bicyclic) bond motifs is 3. The fourth-order valence-corrected chi connectivity index (χ4v) is 6.13. The van der Waals surface area contributed by atoms with Crippen molar-refractivity contribution in [3.05, 3.63) is 107 Å². The lowest BCUT2D eigenvalue weighted by Crippen LogP contribution is -2.44. The maximum absolute atomic E-state index is 14.0. The molecule has 0 aliphatic carbocycles. The number of nitrogens with zero attached hydrogens (tertiary/aromatic N) is 3. The molecule has 2 heterocycles. The molecule has 2 amide bonds. The molecule has 3 aromatic rings. The predicted molar refractivity (Wildman–Crippen MR) is 169 cm³/mol. The Morgan fingerprint density at radius 2 is 1.65 bits per heavy atom. The lowest BCUT2D eigenvalue weighted by Gasteiger charge is -2.30. The molecule has 0 aromatic heterocycles. The SMILES string of the molecule is CC(C)OCCN1C(=O)C(C#N)=C(c2ccccc2)/C(=C/C=C2/N(CCCO)c3ccc4ccccc4c3C2(C)C)C1=O. The van der Waals surface area contributed by atoms with Crippen LogP contribution < -0.4 is 4.90 Å². The first-order valence-corrected chi connectivity index (χ1v) is 14.7. The molecule has 0 radical (unpaired) electrons. The van der Waals surface area contributed by atoms with E-state index in [2.05, 4.69) is 49.1 Å². The Bertz CT molecular complexity index is 1690.